The predicted octanol–water partition coefficient (Wildman–Crippen LogP) is 5.07. The molecule has 2 amide bonds. The monoisotopic (exact) mass is 488 g/mol. The second-order valence-electron chi connectivity index (χ2n) is 9.29. The van der Waals surface area contributed by atoms with Crippen molar-refractivity contribution in [2.24, 2.45) is 5.92 Å². The summed E-state index contributed by atoms with van der Waals surface area (Å²) in [5.41, 5.74) is 4.79. The molecule has 0 bridgehead atoms. The van der Waals surface area contributed by atoms with Crippen LogP contribution in [0.15, 0.2) is 66.0 Å². The highest BCUT2D eigenvalue weighted by molar-refractivity contribution is 5.95. The number of hydrogen-bond donors (Lipinski definition) is 2. The molecule has 4 rings (SSSR count). The number of para-hydroxylation sites is 1. The van der Waals surface area contributed by atoms with Crippen LogP contribution in [0.5, 0.6) is 5.75 Å². The molecule has 2 N–H and O–H groups in total. The van der Waals surface area contributed by atoms with E-state index < -0.39 is 18.0 Å². The third-order valence-corrected chi connectivity index (χ3v) is 6.15. The first-order chi connectivity index (χ1) is 17.3. The van der Waals surface area contributed by atoms with E-state index in [-0.39, 0.29) is 0 Å². The third-order valence-electron chi connectivity index (χ3n) is 6.15. The zero-order chi connectivity index (χ0) is 25.8. The lowest BCUT2D eigenvalue weighted by molar-refractivity contribution is -0.136. The Kier molecular flexibility index (Phi) is 7.43. The number of benzene rings is 2. The summed E-state index contributed by atoms with van der Waals surface area (Å²) in [6, 6.07) is 14.5. The number of methoxy groups -OCH3 is 1. The van der Waals surface area contributed by atoms with Crippen LogP contribution in [0.2, 0.25) is 0 Å². The molecule has 0 spiro atoms. The number of rotatable bonds is 8. The largest absolute Gasteiger partial charge is 0.493 e. The number of aryl methyl sites for hydroxylation is 1. The topological polar surface area (TPSA) is 94.5 Å². The lowest BCUT2D eigenvalue weighted by Gasteiger charge is -2.27. The fourth-order valence-corrected chi connectivity index (χ4v) is 4.21. The number of amides is 2. The van der Waals surface area contributed by atoms with Crippen molar-refractivity contribution in [3.63, 3.8) is 0 Å². The third kappa shape index (κ3) is 5.27. The van der Waals surface area contributed by atoms with Gasteiger partial charge in [-0.3, -0.25) is 0 Å². The summed E-state index contributed by atoms with van der Waals surface area (Å²) in [5.74, 6) is 0.868. The second kappa shape index (κ2) is 10.7. The summed E-state index contributed by atoms with van der Waals surface area (Å²) < 4.78 is 12.8. The van der Waals surface area contributed by atoms with E-state index in [0.717, 1.165) is 29.0 Å². The van der Waals surface area contributed by atoms with Gasteiger partial charge in [-0.15, -0.1) is 0 Å². The molecule has 1 aromatic heterocycles. The Bertz CT molecular complexity index is 1290. The number of esters is 1. The lowest BCUT2D eigenvalue weighted by atomic mass is 9.93. The van der Waals surface area contributed by atoms with Gasteiger partial charge in [-0.05, 0) is 62.1 Å². The van der Waals surface area contributed by atoms with Gasteiger partial charge in [-0.1, -0.05) is 32.0 Å². The van der Waals surface area contributed by atoms with Crippen molar-refractivity contribution in [3.8, 4) is 22.7 Å². The van der Waals surface area contributed by atoms with E-state index in [1.165, 1.54) is 7.11 Å². The number of nitrogens with zero attached hydrogens (tertiary/aromatic N) is 2. The highest BCUT2D eigenvalue weighted by Crippen LogP contribution is 2.36. The van der Waals surface area contributed by atoms with Gasteiger partial charge in [0.1, 0.15) is 5.75 Å². The summed E-state index contributed by atoms with van der Waals surface area (Å²) in [6.07, 6.45) is 2.82. The molecule has 2 heterocycles. The summed E-state index contributed by atoms with van der Waals surface area (Å²) >= 11 is 0. The number of hydrogen-bond acceptors (Lipinski definition) is 5. The molecule has 1 atom stereocenters. The molecular weight excluding hydrogens is 456 g/mol. The Labute approximate surface area is 211 Å². The van der Waals surface area contributed by atoms with Gasteiger partial charge < -0.3 is 20.1 Å². The van der Waals surface area contributed by atoms with Crippen LogP contribution in [0.3, 0.4) is 0 Å². The molecule has 188 valence electrons. The first-order valence-corrected chi connectivity index (χ1v) is 12.0. The SMILES string of the molecule is COC(=O)C1=C(C)NC(=O)N[C@H]1c1cn(-c2ccccc2)nc1-c1ccc(OCCC(C)C)c(C)c1. The predicted molar refractivity (Wildman–Crippen MR) is 138 cm³/mol. The van der Waals surface area contributed by atoms with Crippen LogP contribution < -0.4 is 15.4 Å². The van der Waals surface area contributed by atoms with E-state index in [4.69, 9.17) is 14.6 Å². The number of allylic oxidation sites excluding steroid dienone is 1. The van der Waals surface area contributed by atoms with Crippen LogP contribution in [0.25, 0.3) is 16.9 Å². The van der Waals surface area contributed by atoms with Gasteiger partial charge >= 0.3 is 12.0 Å². The van der Waals surface area contributed by atoms with Crippen LogP contribution in [-0.2, 0) is 9.53 Å². The Hall–Kier alpha value is -4.07. The van der Waals surface area contributed by atoms with E-state index in [9.17, 15) is 9.59 Å². The quantitative estimate of drug-likeness (QED) is 0.432. The van der Waals surface area contributed by atoms with Crippen LogP contribution in [0.4, 0.5) is 4.79 Å². The minimum absolute atomic E-state index is 0.330. The fourth-order valence-electron chi connectivity index (χ4n) is 4.21. The molecule has 36 heavy (non-hydrogen) atoms. The van der Waals surface area contributed by atoms with Gasteiger partial charge in [0.15, 0.2) is 0 Å². The summed E-state index contributed by atoms with van der Waals surface area (Å²) in [4.78, 5) is 25.2. The van der Waals surface area contributed by atoms with Crippen molar-refractivity contribution >= 4 is 12.0 Å². The zero-order valence-electron chi connectivity index (χ0n) is 21.3. The van der Waals surface area contributed by atoms with Crippen molar-refractivity contribution in [2.75, 3.05) is 13.7 Å². The molecule has 0 saturated heterocycles. The summed E-state index contributed by atoms with van der Waals surface area (Å²) in [7, 11) is 1.33. The van der Waals surface area contributed by atoms with E-state index in [1.54, 1.807) is 11.6 Å². The van der Waals surface area contributed by atoms with Crippen LogP contribution in [-0.4, -0.2) is 35.5 Å². The molecule has 3 aromatic rings. The maximum absolute atomic E-state index is 12.7. The van der Waals surface area contributed by atoms with Gasteiger partial charge in [0, 0.05) is 23.0 Å². The van der Waals surface area contributed by atoms with Gasteiger partial charge in [0.25, 0.3) is 0 Å². The molecule has 0 unspecified atom stereocenters. The molecule has 1 aliphatic heterocycles. The minimum atomic E-state index is -0.735. The minimum Gasteiger partial charge on any atom is -0.493 e. The number of carbonyl (C=O) groups is 2. The van der Waals surface area contributed by atoms with Crippen molar-refractivity contribution < 1.29 is 19.1 Å². The van der Waals surface area contributed by atoms with E-state index in [0.29, 0.717) is 35.1 Å². The number of carbonyl (C=O) groups excluding carboxylic acids is 2. The maximum Gasteiger partial charge on any atom is 0.337 e. The van der Waals surface area contributed by atoms with Gasteiger partial charge in [-0.25, -0.2) is 14.3 Å². The number of ether oxygens (including phenoxy) is 2. The van der Waals surface area contributed by atoms with Gasteiger partial charge in [0.05, 0.1) is 36.7 Å². The van der Waals surface area contributed by atoms with Crippen molar-refractivity contribution in [1.29, 1.82) is 0 Å². The Morgan fingerprint density at radius 1 is 1.14 bits per heavy atom. The number of nitrogens with one attached hydrogen (secondary N) is 2. The van der Waals surface area contributed by atoms with Gasteiger partial charge in [-0.2, -0.15) is 5.10 Å². The van der Waals surface area contributed by atoms with Crippen molar-refractivity contribution in [2.45, 2.75) is 40.2 Å². The van der Waals surface area contributed by atoms with E-state index in [2.05, 4.69) is 24.5 Å². The lowest BCUT2D eigenvalue weighted by Crippen LogP contribution is -2.45. The standard InChI is InChI=1S/C28H32N4O4/c1-17(2)13-14-36-23-12-11-20(15-18(23)3)25-22(16-32(31-25)21-9-7-6-8-10-21)26-24(27(33)35-5)19(4)29-28(34)30-26/h6-12,15-17,26H,13-14H2,1-5H3,(H2,29,30,34)/t26-/m0/s1. The van der Waals surface area contributed by atoms with E-state index in [1.807, 2.05) is 61.7 Å². The average Bonchev–Trinajstić information content (AvgIpc) is 3.30. The fraction of sp³-hybridized carbons (Fsp3) is 0.321. The molecule has 0 aliphatic carbocycles. The number of aromatic nitrogens is 2. The van der Waals surface area contributed by atoms with E-state index >= 15 is 0 Å². The molecule has 0 saturated carbocycles. The summed E-state index contributed by atoms with van der Waals surface area (Å²) in [6.45, 7) is 8.68. The first kappa shape index (κ1) is 25.0. The second-order valence-corrected chi connectivity index (χ2v) is 9.29. The molecule has 8 heteroatoms. The van der Waals surface area contributed by atoms with Gasteiger partial charge in [0.2, 0.25) is 0 Å². The Balaban J connectivity index is 1.81. The molecule has 2 aromatic carbocycles. The Morgan fingerprint density at radius 3 is 2.56 bits per heavy atom. The molecule has 1 aliphatic rings. The zero-order valence-corrected chi connectivity index (χ0v) is 21.3. The molecule has 8 nitrogen and oxygen atoms in total. The number of urea groups is 1. The maximum atomic E-state index is 12.7. The normalized spacial score (nSPS) is 15.5. The average molecular weight is 489 g/mol. The first-order valence-electron chi connectivity index (χ1n) is 12.0. The van der Waals surface area contributed by atoms with Crippen molar-refractivity contribution in [3.05, 3.63) is 77.1 Å². The Morgan fingerprint density at radius 2 is 1.89 bits per heavy atom. The highest BCUT2D eigenvalue weighted by Gasteiger charge is 2.35. The molecular formula is C28H32N4O4. The summed E-state index contributed by atoms with van der Waals surface area (Å²) in [5, 5.41) is 10.4. The highest BCUT2D eigenvalue weighted by atomic mass is 16.5. The van der Waals surface area contributed by atoms with Crippen LogP contribution >= 0.6 is 0 Å². The van der Waals surface area contributed by atoms with Crippen LogP contribution in [0.1, 0.15) is 44.4 Å². The molecule has 0 radical (unpaired) electrons. The van der Waals surface area contributed by atoms with Crippen LogP contribution in [0, 0.1) is 12.8 Å². The van der Waals surface area contributed by atoms with Crippen molar-refractivity contribution in [1.82, 2.24) is 20.4 Å². The molecule has 0 fully saturated rings. The smallest absolute Gasteiger partial charge is 0.337 e.